The van der Waals surface area contributed by atoms with Crippen LogP contribution >= 0.6 is 23.6 Å². The van der Waals surface area contributed by atoms with Crippen LogP contribution in [0.5, 0.6) is 0 Å². The van der Waals surface area contributed by atoms with Crippen LogP contribution in [0.3, 0.4) is 0 Å². The lowest BCUT2D eigenvalue weighted by molar-refractivity contribution is -0.137. The van der Waals surface area contributed by atoms with Gasteiger partial charge in [-0.15, -0.1) is 0 Å². The van der Waals surface area contributed by atoms with Crippen molar-refractivity contribution in [1.29, 1.82) is 0 Å². The molecule has 1 rings (SSSR count). The Bertz CT molecular complexity index is 281. The maximum atomic E-state index is 12.0. The Morgan fingerprint density at radius 3 is 1.77 bits per heavy atom. The van der Waals surface area contributed by atoms with Gasteiger partial charge in [0.2, 0.25) is 0 Å². The fourth-order valence-corrected chi connectivity index (χ4v) is 0.988. The molecule has 0 fully saturated rings. The lowest BCUT2D eigenvalue weighted by Gasteiger charge is -2.08. The first-order valence-corrected chi connectivity index (χ1v) is 3.88. The standard InChI is InChI=1S/C7H4Cl2F3N/c8-13(9)6-3-1-5(2-4-6)7(10,11)12/h1-4H. The molecule has 0 radical (unpaired) electrons. The van der Waals surface area contributed by atoms with Gasteiger partial charge in [-0.05, 0) is 24.3 Å². The van der Waals surface area contributed by atoms with E-state index in [1.807, 2.05) is 0 Å². The summed E-state index contributed by atoms with van der Waals surface area (Å²) in [6, 6.07) is 4.19. The Kier molecular flexibility index (Phi) is 2.93. The second-order valence-electron chi connectivity index (χ2n) is 2.28. The fraction of sp³-hybridized carbons (Fsp3) is 0.143. The minimum absolute atomic E-state index is 0.288. The van der Waals surface area contributed by atoms with Gasteiger partial charge < -0.3 is 0 Å². The molecule has 0 aliphatic heterocycles. The maximum Gasteiger partial charge on any atom is 0.416 e. The average molecular weight is 230 g/mol. The number of hydrogen-bond donors (Lipinski definition) is 0. The van der Waals surface area contributed by atoms with Crippen molar-refractivity contribution in [2.75, 3.05) is 3.94 Å². The molecule has 0 saturated carbocycles. The highest BCUT2D eigenvalue weighted by Crippen LogP contribution is 2.31. The molecule has 0 bridgehead atoms. The maximum absolute atomic E-state index is 12.0. The van der Waals surface area contributed by atoms with Gasteiger partial charge in [-0.2, -0.15) is 17.1 Å². The van der Waals surface area contributed by atoms with E-state index >= 15 is 0 Å². The van der Waals surface area contributed by atoms with Crippen molar-refractivity contribution in [3.8, 4) is 0 Å². The molecule has 1 nitrogen and oxygen atoms in total. The monoisotopic (exact) mass is 229 g/mol. The Morgan fingerprint density at radius 2 is 1.46 bits per heavy atom. The van der Waals surface area contributed by atoms with Gasteiger partial charge in [0.15, 0.2) is 0 Å². The van der Waals surface area contributed by atoms with Crippen LogP contribution in [-0.4, -0.2) is 0 Å². The van der Waals surface area contributed by atoms with Crippen LogP contribution in [0.2, 0.25) is 0 Å². The summed E-state index contributed by atoms with van der Waals surface area (Å²) in [5, 5.41) is 0. The third-order valence-corrected chi connectivity index (χ3v) is 1.78. The summed E-state index contributed by atoms with van der Waals surface area (Å²) >= 11 is 10.6. The number of halogens is 5. The van der Waals surface area contributed by atoms with Crippen LogP contribution in [0.15, 0.2) is 24.3 Å². The Hall–Kier alpha value is -0.610. The third-order valence-electron chi connectivity index (χ3n) is 1.39. The Balaban J connectivity index is 2.94. The quantitative estimate of drug-likeness (QED) is 0.663. The molecule has 0 aromatic heterocycles. The molecule has 0 atom stereocenters. The molecule has 0 aliphatic carbocycles. The van der Waals surface area contributed by atoms with Gasteiger partial charge in [0, 0.05) is 23.6 Å². The summed E-state index contributed by atoms with van der Waals surface area (Å²) in [5.41, 5.74) is -0.442. The van der Waals surface area contributed by atoms with Crippen LogP contribution in [0.4, 0.5) is 18.9 Å². The molecule has 0 saturated heterocycles. The molecule has 13 heavy (non-hydrogen) atoms. The molecule has 0 spiro atoms. The highest BCUT2D eigenvalue weighted by Gasteiger charge is 2.30. The van der Waals surface area contributed by atoms with Crippen molar-refractivity contribution >= 4 is 29.2 Å². The molecule has 6 heteroatoms. The van der Waals surface area contributed by atoms with Gasteiger partial charge in [-0.25, -0.2) is 0 Å². The Labute approximate surface area is 82.9 Å². The van der Waals surface area contributed by atoms with Gasteiger partial charge in [0.05, 0.1) is 11.3 Å². The zero-order valence-electron chi connectivity index (χ0n) is 6.15. The first kappa shape index (κ1) is 10.5. The lowest BCUT2D eigenvalue weighted by Crippen LogP contribution is -2.04. The van der Waals surface area contributed by atoms with E-state index in [0.29, 0.717) is 3.94 Å². The molecular formula is C7H4Cl2F3N. The molecule has 0 unspecified atom stereocenters. The van der Waals surface area contributed by atoms with E-state index in [1.165, 1.54) is 12.1 Å². The summed E-state index contributed by atoms with van der Waals surface area (Å²) in [7, 11) is 0. The van der Waals surface area contributed by atoms with Crippen molar-refractivity contribution in [1.82, 2.24) is 0 Å². The average Bonchev–Trinajstić information content (AvgIpc) is 2.03. The van der Waals surface area contributed by atoms with Crippen LogP contribution in [0.25, 0.3) is 0 Å². The highest BCUT2D eigenvalue weighted by atomic mass is 35.5. The number of alkyl halides is 3. The van der Waals surface area contributed by atoms with Crippen LogP contribution in [0.1, 0.15) is 5.56 Å². The lowest BCUT2D eigenvalue weighted by atomic mass is 10.2. The zero-order valence-corrected chi connectivity index (χ0v) is 7.66. The van der Waals surface area contributed by atoms with E-state index in [0.717, 1.165) is 12.1 Å². The van der Waals surface area contributed by atoms with Gasteiger partial charge in [-0.3, -0.25) is 0 Å². The number of rotatable bonds is 1. The molecule has 0 amide bonds. The van der Waals surface area contributed by atoms with Gasteiger partial charge in [0.1, 0.15) is 0 Å². The highest BCUT2D eigenvalue weighted by molar-refractivity contribution is 6.49. The van der Waals surface area contributed by atoms with Crippen LogP contribution in [-0.2, 0) is 6.18 Å². The minimum atomic E-state index is -4.33. The molecule has 0 N–H and O–H groups in total. The van der Waals surface area contributed by atoms with E-state index in [9.17, 15) is 13.2 Å². The first-order chi connectivity index (χ1) is 5.91. The number of hydrogen-bond acceptors (Lipinski definition) is 1. The van der Waals surface area contributed by atoms with E-state index in [2.05, 4.69) is 0 Å². The minimum Gasteiger partial charge on any atom is -0.194 e. The molecule has 72 valence electrons. The third kappa shape index (κ3) is 2.67. The predicted molar refractivity (Wildman–Crippen MR) is 45.6 cm³/mol. The molecule has 0 heterocycles. The molecular weight excluding hydrogens is 226 g/mol. The SMILES string of the molecule is FC(F)(F)c1ccc(N(Cl)Cl)cc1. The predicted octanol–water partition coefficient (Wildman–Crippen LogP) is 3.82. The van der Waals surface area contributed by atoms with Gasteiger partial charge in [0.25, 0.3) is 0 Å². The summed E-state index contributed by atoms with van der Waals surface area (Å²) < 4.78 is 36.8. The largest absolute Gasteiger partial charge is 0.416 e. The summed E-state index contributed by atoms with van der Waals surface area (Å²) in [6.07, 6.45) is -4.33. The van der Waals surface area contributed by atoms with Crippen molar-refractivity contribution < 1.29 is 13.2 Å². The summed E-state index contributed by atoms with van der Waals surface area (Å²) in [6.45, 7) is 0. The van der Waals surface area contributed by atoms with E-state index < -0.39 is 11.7 Å². The van der Waals surface area contributed by atoms with Crippen molar-refractivity contribution in [3.05, 3.63) is 29.8 Å². The number of nitrogens with zero attached hydrogens (tertiary/aromatic N) is 1. The van der Waals surface area contributed by atoms with E-state index in [-0.39, 0.29) is 5.69 Å². The fourth-order valence-electron chi connectivity index (χ4n) is 0.763. The van der Waals surface area contributed by atoms with Crippen LogP contribution in [0, 0.1) is 0 Å². The number of benzene rings is 1. The Morgan fingerprint density at radius 1 is 1.00 bits per heavy atom. The smallest absolute Gasteiger partial charge is 0.194 e. The van der Waals surface area contributed by atoms with Gasteiger partial charge >= 0.3 is 6.18 Å². The van der Waals surface area contributed by atoms with Crippen molar-refractivity contribution in [2.24, 2.45) is 0 Å². The first-order valence-electron chi connectivity index (χ1n) is 3.20. The topological polar surface area (TPSA) is 3.24 Å². The molecule has 1 aromatic carbocycles. The van der Waals surface area contributed by atoms with Crippen molar-refractivity contribution in [3.63, 3.8) is 0 Å². The van der Waals surface area contributed by atoms with Gasteiger partial charge in [-0.1, -0.05) is 0 Å². The summed E-state index contributed by atoms with van der Waals surface area (Å²) in [5.74, 6) is 0. The van der Waals surface area contributed by atoms with E-state index in [4.69, 9.17) is 23.6 Å². The zero-order chi connectivity index (χ0) is 10.1. The second kappa shape index (κ2) is 3.64. The molecule has 0 aliphatic rings. The normalized spacial score (nSPS) is 11.5. The number of anilines is 1. The van der Waals surface area contributed by atoms with Crippen molar-refractivity contribution in [2.45, 2.75) is 6.18 Å². The summed E-state index contributed by atoms with van der Waals surface area (Å²) in [4.78, 5) is 0. The second-order valence-corrected chi connectivity index (χ2v) is 3.13. The van der Waals surface area contributed by atoms with E-state index in [1.54, 1.807) is 0 Å². The van der Waals surface area contributed by atoms with Crippen LogP contribution < -0.4 is 3.94 Å². The molecule has 1 aromatic rings.